The van der Waals surface area contributed by atoms with Crippen LogP contribution in [0.5, 0.6) is 5.75 Å². The van der Waals surface area contributed by atoms with Crippen LogP contribution in [0.4, 0.5) is 5.82 Å². The van der Waals surface area contributed by atoms with Gasteiger partial charge in [0.05, 0.1) is 0 Å². The van der Waals surface area contributed by atoms with E-state index in [2.05, 4.69) is 10.3 Å². The zero-order valence-corrected chi connectivity index (χ0v) is 10.4. The Labute approximate surface area is 107 Å². The van der Waals surface area contributed by atoms with Gasteiger partial charge < -0.3 is 10.4 Å². The molecule has 0 atom stereocenters. The molecule has 1 heterocycles. The van der Waals surface area contributed by atoms with Crippen molar-refractivity contribution >= 4 is 16.6 Å². The largest absolute Gasteiger partial charge is 0.508 e. The summed E-state index contributed by atoms with van der Waals surface area (Å²) in [5.74, 6) is 1.95. The number of hydrogen-bond donors (Lipinski definition) is 2. The van der Waals surface area contributed by atoms with Crippen LogP contribution < -0.4 is 5.32 Å². The summed E-state index contributed by atoms with van der Waals surface area (Å²) in [6.45, 7) is 0.988. The Bertz CT molecular complexity index is 547. The van der Waals surface area contributed by atoms with Crippen LogP contribution in [0.15, 0.2) is 30.5 Å². The lowest BCUT2D eigenvalue weighted by molar-refractivity contribution is 0.476. The van der Waals surface area contributed by atoms with Gasteiger partial charge in [-0.3, -0.25) is 0 Å². The van der Waals surface area contributed by atoms with Gasteiger partial charge >= 0.3 is 0 Å². The van der Waals surface area contributed by atoms with Gasteiger partial charge in [-0.2, -0.15) is 0 Å². The molecule has 0 unspecified atom stereocenters. The van der Waals surface area contributed by atoms with Gasteiger partial charge in [0.2, 0.25) is 0 Å². The van der Waals surface area contributed by atoms with Crippen molar-refractivity contribution in [3.63, 3.8) is 0 Å². The molecular formula is C15H18N2O. The van der Waals surface area contributed by atoms with E-state index >= 15 is 0 Å². The molecule has 0 amide bonds. The maximum atomic E-state index is 9.58. The van der Waals surface area contributed by atoms with Crippen molar-refractivity contribution in [1.82, 2.24) is 4.98 Å². The van der Waals surface area contributed by atoms with Crippen molar-refractivity contribution in [3.05, 3.63) is 30.5 Å². The third kappa shape index (κ3) is 2.26. The molecule has 0 bridgehead atoms. The van der Waals surface area contributed by atoms with E-state index in [1.807, 2.05) is 18.3 Å². The van der Waals surface area contributed by atoms with E-state index < -0.39 is 0 Å². The van der Waals surface area contributed by atoms with Gasteiger partial charge in [-0.15, -0.1) is 0 Å². The van der Waals surface area contributed by atoms with Gasteiger partial charge in [-0.05, 0) is 42.3 Å². The van der Waals surface area contributed by atoms with Gasteiger partial charge in [0.25, 0.3) is 0 Å². The number of rotatable bonds is 3. The molecule has 2 aromatic rings. The molecule has 3 heteroatoms. The van der Waals surface area contributed by atoms with Crippen molar-refractivity contribution in [3.8, 4) is 5.75 Å². The molecule has 1 aliphatic carbocycles. The van der Waals surface area contributed by atoms with Crippen molar-refractivity contribution < 1.29 is 5.11 Å². The molecule has 2 N–H and O–H groups in total. The molecule has 1 saturated carbocycles. The number of anilines is 1. The van der Waals surface area contributed by atoms with Crippen LogP contribution in [-0.4, -0.2) is 16.6 Å². The summed E-state index contributed by atoms with van der Waals surface area (Å²) < 4.78 is 0. The molecule has 1 fully saturated rings. The predicted octanol–water partition coefficient (Wildman–Crippen LogP) is 3.54. The number of phenolic OH excluding ortho intramolecular Hbond substituents is 1. The van der Waals surface area contributed by atoms with E-state index in [1.165, 1.54) is 25.7 Å². The number of nitrogens with one attached hydrogen (secondary N) is 1. The standard InChI is InChI=1S/C15H18N2O/c18-13-6-5-12-7-8-16-15(14(12)9-13)17-10-11-3-1-2-4-11/h5-9,11,18H,1-4,10H2,(H,16,17). The van der Waals surface area contributed by atoms with Crippen molar-refractivity contribution in [2.75, 3.05) is 11.9 Å². The average Bonchev–Trinajstić information content (AvgIpc) is 2.89. The lowest BCUT2D eigenvalue weighted by Crippen LogP contribution is -2.12. The van der Waals surface area contributed by atoms with E-state index in [4.69, 9.17) is 0 Å². The zero-order valence-electron chi connectivity index (χ0n) is 10.4. The number of benzene rings is 1. The number of phenols is 1. The highest BCUT2D eigenvalue weighted by Crippen LogP contribution is 2.28. The molecule has 3 rings (SSSR count). The van der Waals surface area contributed by atoms with Crippen molar-refractivity contribution in [1.29, 1.82) is 0 Å². The minimum absolute atomic E-state index is 0.291. The topological polar surface area (TPSA) is 45.2 Å². The predicted molar refractivity (Wildman–Crippen MR) is 73.9 cm³/mol. The van der Waals surface area contributed by atoms with Crippen LogP contribution >= 0.6 is 0 Å². The minimum atomic E-state index is 0.291. The van der Waals surface area contributed by atoms with Gasteiger partial charge in [-0.25, -0.2) is 4.98 Å². The fourth-order valence-corrected chi connectivity index (χ4v) is 2.75. The van der Waals surface area contributed by atoms with E-state index in [1.54, 1.807) is 12.1 Å². The molecule has 0 spiro atoms. The van der Waals surface area contributed by atoms with Crippen LogP contribution in [0.2, 0.25) is 0 Å². The Morgan fingerprint density at radius 1 is 1.22 bits per heavy atom. The molecule has 1 aromatic carbocycles. The second-order valence-corrected chi connectivity index (χ2v) is 5.10. The third-order valence-corrected chi connectivity index (χ3v) is 3.78. The summed E-state index contributed by atoms with van der Waals surface area (Å²) in [5, 5.41) is 15.1. The summed E-state index contributed by atoms with van der Waals surface area (Å²) in [6.07, 6.45) is 7.18. The SMILES string of the molecule is Oc1ccc2ccnc(NCC3CCCC3)c2c1. The zero-order chi connectivity index (χ0) is 12.4. The Kier molecular flexibility index (Phi) is 3.05. The second kappa shape index (κ2) is 4.84. The molecule has 3 nitrogen and oxygen atoms in total. The highest BCUT2D eigenvalue weighted by atomic mass is 16.3. The molecular weight excluding hydrogens is 224 g/mol. The number of pyridine rings is 1. The highest BCUT2D eigenvalue weighted by Gasteiger charge is 2.15. The quantitative estimate of drug-likeness (QED) is 0.865. The van der Waals surface area contributed by atoms with E-state index in [-0.39, 0.29) is 0 Å². The Hall–Kier alpha value is -1.77. The smallest absolute Gasteiger partial charge is 0.133 e. The summed E-state index contributed by atoms with van der Waals surface area (Å²) in [5.41, 5.74) is 0. The van der Waals surface area contributed by atoms with E-state index in [0.717, 1.165) is 29.1 Å². The monoisotopic (exact) mass is 242 g/mol. The normalized spacial score (nSPS) is 16.2. The first-order valence-corrected chi connectivity index (χ1v) is 6.64. The van der Waals surface area contributed by atoms with Crippen LogP contribution in [0.3, 0.4) is 0 Å². The van der Waals surface area contributed by atoms with Crippen molar-refractivity contribution in [2.24, 2.45) is 5.92 Å². The lowest BCUT2D eigenvalue weighted by Gasteiger charge is -2.12. The van der Waals surface area contributed by atoms with Crippen LogP contribution in [0.1, 0.15) is 25.7 Å². The van der Waals surface area contributed by atoms with Gasteiger partial charge in [0.15, 0.2) is 0 Å². The first-order valence-electron chi connectivity index (χ1n) is 6.64. The summed E-state index contributed by atoms with van der Waals surface area (Å²) in [6, 6.07) is 7.38. The summed E-state index contributed by atoms with van der Waals surface area (Å²) in [4.78, 5) is 4.39. The Balaban J connectivity index is 1.84. The molecule has 0 aliphatic heterocycles. The summed E-state index contributed by atoms with van der Waals surface area (Å²) >= 11 is 0. The fraction of sp³-hybridized carbons (Fsp3) is 0.400. The fourth-order valence-electron chi connectivity index (χ4n) is 2.75. The van der Waals surface area contributed by atoms with Crippen LogP contribution in [0, 0.1) is 5.92 Å². The summed E-state index contributed by atoms with van der Waals surface area (Å²) in [7, 11) is 0. The molecule has 94 valence electrons. The highest BCUT2D eigenvalue weighted by molar-refractivity contribution is 5.92. The van der Waals surface area contributed by atoms with Crippen molar-refractivity contribution in [2.45, 2.75) is 25.7 Å². The first kappa shape index (κ1) is 11.3. The second-order valence-electron chi connectivity index (χ2n) is 5.10. The first-order chi connectivity index (χ1) is 8.83. The Morgan fingerprint density at radius 2 is 2.06 bits per heavy atom. The van der Waals surface area contributed by atoms with Gasteiger partial charge in [0.1, 0.15) is 11.6 Å². The van der Waals surface area contributed by atoms with Gasteiger partial charge in [0, 0.05) is 18.1 Å². The number of hydrogen-bond acceptors (Lipinski definition) is 3. The maximum absolute atomic E-state index is 9.58. The van der Waals surface area contributed by atoms with E-state index in [0.29, 0.717) is 5.75 Å². The molecule has 1 aromatic heterocycles. The molecule has 18 heavy (non-hydrogen) atoms. The lowest BCUT2D eigenvalue weighted by atomic mass is 10.1. The Morgan fingerprint density at radius 3 is 2.89 bits per heavy atom. The van der Waals surface area contributed by atoms with Crippen LogP contribution in [0.25, 0.3) is 10.8 Å². The third-order valence-electron chi connectivity index (χ3n) is 3.78. The van der Waals surface area contributed by atoms with Crippen LogP contribution in [-0.2, 0) is 0 Å². The maximum Gasteiger partial charge on any atom is 0.133 e. The minimum Gasteiger partial charge on any atom is -0.508 e. The molecule has 0 radical (unpaired) electrons. The van der Waals surface area contributed by atoms with E-state index in [9.17, 15) is 5.11 Å². The number of aromatic hydroxyl groups is 1. The molecule has 0 saturated heterocycles. The number of aromatic nitrogens is 1. The van der Waals surface area contributed by atoms with Gasteiger partial charge in [-0.1, -0.05) is 18.9 Å². The number of fused-ring (bicyclic) bond motifs is 1. The number of nitrogens with zero attached hydrogens (tertiary/aromatic N) is 1. The molecule has 1 aliphatic rings. The average molecular weight is 242 g/mol.